The maximum absolute atomic E-state index is 10.3. The number of rotatable bonds is 10. The molecule has 0 heterocycles. The Labute approximate surface area is 94.1 Å². The Morgan fingerprint density at radius 2 is 1.60 bits per heavy atom. The molecular weight excluding hydrogens is 188 g/mol. The van der Waals surface area contributed by atoms with Crippen LogP contribution in [0, 0.1) is 5.92 Å². The lowest BCUT2D eigenvalue weighted by Gasteiger charge is -2.14. The van der Waals surface area contributed by atoms with Gasteiger partial charge in [0, 0.05) is 6.42 Å². The number of carboxylic acid groups (broad SMARTS) is 1. The van der Waals surface area contributed by atoms with Gasteiger partial charge in [0.2, 0.25) is 0 Å². The van der Waals surface area contributed by atoms with Crippen molar-refractivity contribution in [1.29, 1.82) is 0 Å². The molecule has 0 saturated heterocycles. The maximum Gasteiger partial charge on any atom is 0.303 e. The van der Waals surface area contributed by atoms with Gasteiger partial charge in [0.1, 0.15) is 0 Å². The molecule has 0 aliphatic heterocycles. The minimum atomic E-state index is -0.659. The van der Waals surface area contributed by atoms with Crippen LogP contribution in [0.25, 0.3) is 0 Å². The van der Waals surface area contributed by atoms with Crippen LogP contribution in [0.15, 0.2) is 0 Å². The van der Waals surface area contributed by atoms with Gasteiger partial charge in [-0.1, -0.05) is 58.8 Å². The van der Waals surface area contributed by atoms with E-state index in [-0.39, 0.29) is 0 Å². The van der Waals surface area contributed by atoms with Crippen LogP contribution in [0.5, 0.6) is 0 Å². The van der Waals surface area contributed by atoms with Crippen molar-refractivity contribution in [2.45, 2.75) is 71.6 Å². The number of carboxylic acids is 1. The van der Waals surface area contributed by atoms with Gasteiger partial charge in [-0.25, -0.2) is 0 Å². The van der Waals surface area contributed by atoms with Gasteiger partial charge in [0.05, 0.1) is 0 Å². The topological polar surface area (TPSA) is 37.3 Å². The summed E-state index contributed by atoms with van der Waals surface area (Å²) in [6.07, 6.45) is 10.0. The minimum Gasteiger partial charge on any atom is -0.481 e. The Balaban J connectivity index is 3.39. The van der Waals surface area contributed by atoms with Crippen molar-refractivity contribution >= 4 is 5.97 Å². The Kier molecular flexibility index (Phi) is 9.65. The molecule has 0 fully saturated rings. The summed E-state index contributed by atoms with van der Waals surface area (Å²) in [7, 11) is 0. The summed E-state index contributed by atoms with van der Waals surface area (Å²) in [4.78, 5) is 10.3. The number of hydrogen-bond acceptors (Lipinski definition) is 1. The monoisotopic (exact) mass is 214 g/mol. The van der Waals surface area contributed by atoms with Crippen LogP contribution in [-0.4, -0.2) is 11.1 Å². The quantitative estimate of drug-likeness (QED) is 0.552. The van der Waals surface area contributed by atoms with E-state index in [0.717, 1.165) is 18.8 Å². The molecule has 0 unspecified atom stereocenters. The van der Waals surface area contributed by atoms with Crippen LogP contribution >= 0.6 is 0 Å². The van der Waals surface area contributed by atoms with E-state index in [1.165, 1.54) is 38.5 Å². The van der Waals surface area contributed by atoms with Crippen LogP contribution < -0.4 is 0 Å². The Hall–Kier alpha value is -0.530. The molecule has 0 atom stereocenters. The molecule has 90 valence electrons. The van der Waals surface area contributed by atoms with E-state index >= 15 is 0 Å². The first-order valence-electron chi connectivity index (χ1n) is 6.42. The van der Waals surface area contributed by atoms with Crippen molar-refractivity contribution in [3.63, 3.8) is 0 Å². The first kappa shape index (κ1) is 14.5. The molecule has 0 amide bonds. The standard InChI is InChI=1S/C13H26O2/c1-3-8-12(9-4-2)10-6-5-7-11-13(14)15/h12H,3-11H2,1-2H3,(H,14,15). The van der Waals surface area contributed by atoms with Crippen molar-refractivity contribution in [1.82, 2.24) is 0 Å². The van der Waals surface area contributed by atoms with E-state index in [2.05, 4.69) is 13.8 Å². The summed E-state index contributed by atoms with van der Waals surface area (Å²) in [5.41, 5.74) is 0. The van der Waals surface area contributed by atoms with E-state index in [4.69, 9.17) is 5.11 Å². The highest BCUT2D eigenvalue weighted by molar-refractivity contribution is 5.66. The lowest BCUT2D eigenvalue weighted by molar-refractivity contribution is -0.137. The van der Waals surface area contributed by atoms with Crippen LogP contribution in [0.2, 0.25) is 0 Å². The molecule has 2 heteroatoms. The lowest BCUT2D eigenvalue weighted by Crippen LogP contribution is -2.00. The summed E-state index contributed by atoms with van der Waals surface area (Å²) in [5.74, 6) is 0.221. The fraction of sp³-hybridized carbons (Fsp3) is 0.923. The summed E-state index contributed by atoms with van der Waals surface area (Å²) in [6.45, 7) is 4.49. The van der Waals surface area contributed by atoms with Gasteiger partial charge in [-0.05, 0) is 12.3 Å². The lowest BCUT2D eigenvalue weighted by atomic mass is 9.92. The smallest absolute Gasteiger partial charge is 0.303 e. The second kappa shape index (κ2) is 10.0. The van der Waals surface area contributed by atoms with Crippen LogP contribution in [0.1, 0.15) is 71.6 Å². The molecule has 0 aromatic carbocycles. The maximum atomic E-state index is 10.3. The van der Waals surface area contributed by atoms with Crippen LogP contribution in [0.3, 0.4) is 0 Å². The zero-order valence-electron chi connectivity index (χ0n) is 10.3. The third-order valence-electron chi connectivity index (χ3n) is 2.90. The van der Waals surface area contributed by atoms with Crippen molar-refractivity contribution in [3.05, 3.63) is 0 Å². The average Bonchev–Trinajstić information content (AvgIpc) is 2.17. The normalized spacial score (nSPS) is 10.9. The van der Waals surface area contributed by atoms with Gasteiger partial charge in [-0.15, -0.1) is 0 Å². The molecule has 1 N–H and O–H groups in total. The van der Waals surface area contributed by atoms with Gasteiger partial charge in [0.15, 0.2) is 0 Å². The Morgan fingerprint density at radius 1 is 1.00 bits per heavy atom. The zero-order valence-corrected chi connectivity index (χ0v) is 10.3. The average molecular weight is 214 g/mol. The predicted molar refractivity (Wildman–Crippen MR) is 64.0 cm³/mol. The van der Waals surface area contributed by atoms with Gasteiger partial charge < -0.3 is 5.11 Å². The van der Waals surface area contributed by atoms with E-state index in [1.807, 2.05) is 0 Å². The van der Waals surface area contributed by atoms with Gasteiger partial charge in [0.25, 0.3) is 0 Å². The van der Waals surface area contributed by atoms with Gasteiger partial charge in [-0.2, -0.15) is 0 Å². The van der Waals surface area contributed by atoms with Crippen molar-refractivity contribution in [2.24, 2.45) is 5.92 Å². The van der Waals surface area contributed by atoms with E-state index < -0.39 is 5.97 Å². The fourth-order valence-electron chi connectivity index (χ4n) is 2.14. The van der Waals surface area contributed by atoms with Crippen LogP contribution in [-0.2, 0) is 4.79 Å². The molecule has 0 aliphatic carbocycles. The number of carbonyl (C=O) groups is 1. The van der Waals surface area contributed by atoms with E-state index in [9.17, 15) is 4.79 Å². The summed E-state index contributed by atoms with van der Waals surface area (Å²) >= 11 is 0. The number of unbranched alkanes of at least 4 members (excludes halogenated alkanes) is 2. The Bertz CT molecular complexity index is 149. The molecule has 0 saturated carbocycles. The molecule has 2 nitrogen and oxygen atoms in total. The zero-order chi connectivity index (χ0) is 11.5. The third-order valence-corrected chi connectivity index (χ3v) is 2.90. The first-order chi connectivity index (χ1) is 7.20. The molecule has 0 aromatic rings. The summed E-state index contributed by atoms with van der Waals surface area (Å²) in [6, 6.07) is 0. The largest absolute Gasteiger partial charge is 0.481 e. The van der Waals surface area contributed by atoms with Gasteiger partial charge >= 0.3 is 5.97 Å². The molecule has 0 spiro atoms. The predicted octanol–water partition coefficient (Wildman–Crippen LogP) is 4.24. The third kappa shape index (κ3) is 9.77. The fourth-order valence-corrected chi connectivity index (χ4v) is 2.14. The highest BCUT2D eigenvalue weighted by atomic mass is 16.4. The molecule has 0 radical (unpaired) electrons. The molecular formula is C13H26O2. The highest BCUT2D eigenvalue weighted by Gasteiger charge is 2.06. The Morgan fingerprint density at radius 3 is 2.07 bits per heavy atom. The number of hydrogen-bond donors (Lipinski definition) is 1. The van der Waals surface area contributed by atoms with E-state index in [1.54, 1.807) is 0 Å². The van der Waals surface area contributed by atoms with Crippen molar-refractivity contribution in [2.75, 3.05) is 0 Å². The SMILES string of the molecule is CCCC(CCC)CCCCCC(=O)O. The second-order valence-electron chi connectivity index (χ2n) is 4.44. The molecule has 15 heavy (non-hydrogen) atoms. The second-order valence-corrected chi connectivity index (χ2v) is 4.44. The van der Waals surface area contributed by atoms with Crippen molar-refractivity contribution < 1.29 is 9.90 Å². The summed E-state index contributed by atoms with van der Waals surface area (Å²) in [5, 5.41) is 8.49. The minimum absolute atomic E-state index is 0.340. The molecule has 0 bridgehead atoms. The molecule has 0 rings (SSSR count). The molecule has 0 aromatic heterocycles. The van der Waals surface area contributed by atoms with Gasteiger partial charge in [-0.3, -0.25) is 4.79 Å². The number of aliphatic carboxylic acids is 1. The van der Waals surface area contributed by atoms with Crippen LogP contribution in [0.4, 0.5) is 0 Å². The van der Waals surface area contributed by atoms with Crippen molar-refractivity contribution in [3.8, 4) is 0 Å². The summed E-state index contributed by atoms with van der Waals surface area (Å²) < 4.78 is 0. The molecule has 0 aliphatic rings. The highest BCUT2D eigenvalue weighted by Crippen LogP contribution is 2.20. The first-order valence-corrected chi connectivity index (χ1v) is 6.42. The van der Waals surface area contributed by atoms with E-state index in [0.29, 0.717) is 6.42 Å².